The van der Waals surface area contributed by atoms with Crippen molar-refractivity contribution in [2.45, 2.75) is 76.7 Å². The van der Waals surface area contributed by atoms with Gasteiger partial charge in [0.25, 0.3) is 0 Å². The summed E-state index contributed by atoms with van der Waals surface area (Å²) in [6.45, 7) is 0.929. The van der Waals surface area contributed by atoms with Crippen LogP contribution < -0.4 is 5.32 Å². The first-order valence-electron chi connectivity index (χ1n) is 8.11. The third kappa shape index (κ3) is 2.03. The van der Waals surface area contributed by atoms with Gasteiger partial charge in [-0.3, -0.25) is 4.79 Å². The summed E-state index contributed by atoms with van der Waals surface area (Å²) in [5.41, 5.74) is 0.0425. The highest BCUT2D eigenvalue weighted by Gasteiger charge is 2.52. The van der Waals surface area contributed by atoms with E-state index in [-0.39, 0.29) is 5.41 Å². The lowest BCUT2D eigenvalue weighted by Crippen LogP contribution is -2.60. The molecule has 102 valence electrons. The molecule has 1 aliphatic heterocycles. The number of hydrogen-bond donors (Lipinski definition) is 1. The minimum atomic E-state index is 0.0425. The van der Waals surface area contributed by atoms with Crippen molar-refractivity contribution in [3.05, 3.63) is 0 Å². The van der Waals surface area contributed by atoms with E-state index in [1.54, 1.807) is 0 Å². The Morgan fingerprint density at radius 1 is 0.944 bits per heavy atom. The average molecular weight is 249 g/mol. The van der Waals surface area contributed by atoms with E-state index in [1.165, 1.54) is 64.2 Å². The first kappa shape index (κ1) is 12.7. The van der Waals surface area contributed by atoms with Crippen molar-refractivity contribution in [3.8, 4) is 0 Å². The van der Waals surface area contributed by atoms with Gasteiger partial charge in [-0.15, -0.1) is 0 Å². The van der Waals surface area contributed by atoms with E-state index in [0.717, 1.165) is 13.0 Å². The molecule has 3 aliphatic rings. The largest absolute Gasteiger partial charge is 0.313 e. The van der Waals surface area contributed by atoms with Gasteiger partial charge in [0.15, 0.2) is 0 Å². The molecule has 0 spiro atoms. The Kier molecular flexibility index (Phi) is 3.74. The van der Waals surface area contributed by atoms with Gasteiger partial charge in [0.1, 0.15) is 5.78 Å². The first-order chi connectivity index (χ1) is 8.84. The van der Waals surface area contributed by atoms with Crippen LogP contribution in [0.5, 0.6) is 0 Å². The number of nitrogens with one attached hydrogen (secondary N) is 1. The number of carbonyl (C=O) groups excluding carboxylic acids is 1. The van der Waals surface area contributed by atoms with Gasteiger partial charge in [-0.05, 0) is 31.6 Å². The van der Waals surface area contributed by atoms with Gasteiger partial charge in [-0.1, -0.05) is 38.5 Å². The highest BCUT2D eigenvalue weighted by Crippen LogP contribution is 2.50. The molecule has 2 heteroatoms. The summed E-state index contributed by atoms with van der Waals surface area (Å²) in [6.07, 6.45) is 13.9. The molecule has 18 heavy (non-hydrogen) atoms. The van der Waals surface area contributed by atoms with Crippen molar-refractivity contribution in [1.29, 1.82) is 0 Å². The van der Waals surface area contributed by atoms with Gasteiger partial charge in [0.05, 0.1) is 0 Å². The maximum atomic E-state index is 12.7. The van der Waals surface area contributed by atoms with Crippen LogP contribution in [-0.4, -0.2) is 18.4 Å². The minimum absolute atomic E-state index is 0.0425. The maximum absolute atomic E-state index is 12.7. The second-order valence-electron chi connectivity index (χ2n) is 6.65. The van der Waals surface area contributed by atoms with E-state index >= 15 is 0 Å². The zero-order valence-corrected chi connectivity index (χ0v) is 11.5. The molecule has 0 aromatic heterocycles. The summed E-state index contributed by atoms with van der Waals surface area (Å²) in [6, 6.07) is 0.510. The summed E-state index contributed by atoms with van der Waals surface area (Å²) in [5.74, 6) is 1.29. The summed E-state index contributed by atoms with van der Waals surface area (Å²) < 4.78 is 0. The van der Waals surface area contributed by atoms with Crippen molar-refractivity contribution in [2.75, 3.05) is 6.54 Å². The molecular formula is C16H27NO. The third-order valence-electron chi connectivity index (χ3n) is 5.80. The monoisotopic (exact) mass is 249 g/mol. The number of Topliss-reactive ketones (excluding diaryl/α,β-unsaturated/α-hetero) is 1. The second-order valence-corrected chi connectivity index (χ2v) is 6.65. The first-order valence-corrected chi connectivity index (χ1v) is 8.11. The topological polar surface area (TPSA) is 29.1 Å². The molecule has 3 rings (SSSR count). The van der Waals surface area contributed by atoms with Crippen molar-refractivity contribution in [1.82, 2.24) is 5.32 Å². The number of piperidine rings is 1. The molecule has 2 aliphatic carbocycles. The van der Waals surface area contributed by atoms with E-state index in [4.69, 9.17) is 0 Å². The number of fused-ring (bicyclic) bond motifs is 1. The van der Waals surface area contributed by atoms with Gasteiger partial charge >= 0.3 is 0 Å². The molecule has 3 fully saturated rings. The lowest BCUT2D eigenvalue weighted by atomic mass is 9.57. The second kappa shape index (κ2) is 5.32. The Morgan fingerprint density at radius 2 is 1.67 bits per heavy atom. The molecule has 2 atom stereocenters. The molecule has 1 N–H and O–H groups in total. The summed E-state index contributed by atoms with van der Waals surface area (Å²) in [7, 11) is 0. The fraction of sp³-hybridized carbons (Fsp3) is 0.938. The zero-order chi connectivity index (χ0) is 12.4. The lowest BCUT2D eigenvalue weighted by Gasteiger charge is -2.51. The Hall–Kier alpha value is -0.370. The molecule has 1 saturated heterocycles. The molecule has 0 bridgehead atoms. The summed E-state index contributed by atoms with van der Waals surface area (Å²) in [4.78, 5) is 12.7. The van der Waals surface area contributed by atoms with Crippen molar-refractivity contribution in [3.63, 3.8) is 0 Å². The number of hydrogen-bond acceptors (Lipinski definition) is 2. The molecule has 1 heterocycles. The quantitative estimate of drug-likeness (QED) is 0.721. The van der Waals surface area contributed by atoms with Crippen molar-refractivity contribution >= 4 is 5.78 Å². The SMILES string of the molecule is O=C1CCNC2CCCCC12C1CCCCCC1. The highest BCUT2D eigenvalue weighted by atomic mass is 16.1. The molecule has 2 nitrogen and oxygen atoms in total. The van der Waals surface area contributed by atoms with Crippen LogP contribution >= 0.6 is 0 Å². The van der Waals surface area contributed by atoms with Crippen LogP contribution in [0.2, 0.25) is 0 Å². The molecule has 0 aromatic carbocycles. The van der Waals surface area contributed by atoms with Crippen LogP contribution in [0.4, 0.5) is 0 Å². The molecule has 0 aromatic rings. The van der Waals surface area contributed by atoms with E-state index < -0.39 is 0 Å². The fourth-order valence-electron chi connectivity index (χ4n) is 4.92. The van der Waals surface area contributed by atoms with Crippen LogP contribution in [0.25, 0.3) is 0 Å². The van der Waals surface area contributed by atoms with Crippen molar-refractivity contribution in [2.24, 2.45) is 11.3 Å². The number of ketones is 1. The predicted molar refractivity (Wildman–Crippen MR) is 73.5 cm³/mol. The van der Waals surface area contributed by atoms with Gasteiger partial charge in [0, 0.05) is 24.4 Å². The molecular weight excluding hydrogens is 222 g/mol. The Labute approximate surface area is 111 Å². The van der Waals surface area contributed by atoms with Crippen LogP contribution in [0.1, 0.15) is 70.6 Å². The normalized spacial score (nSPS) is 39.1. The standard InChI is InChI=1S/C16H27NO/c18-15-10-12-17-14-9-5-6-11-16(14,15)13-7-3-1-2-4-8-13/h13-14,17H,1-12H2. The Morgan fingerprint density at radius 3 is 2.44 bits per heavy atom. The van der Waals surface area contributed by atoms with Crippen LogP contribution in [0.15, 0.2) is 0 Å². The number of rotatable bonds is 1. The summed E-state index contributed by atoms with van der Waals surface area (Å²) in [5, 5.41) is 3.69. The van der Waals surface area contributed by atoms with Crippen molar-refractivity contribution < 1.29 is 4.79 Å². The van der Waals surface area contributed by atoms with Gasteiger partial charge in [-0.2, -0.15) is 0 Å². The molecule has 0 amide bonds. The lowest BCUT2D eigenvalue weighted by molar-refractivity contribution is -0.140. The number of carbonyl (C=O) groups is 1. The van der Waals surface area contributed by atoms with Gasteiger partial charge in [0.2, 0.25) is 0 Å². The smallest absolute Gasteiger partial charge is 0.142 e. The minimum Gasteiger partial charge on any atom is -0.313 e. The van der Waals surface area contributed by atoms with E-state index in [2.05, 4.69) is 5.32 Å². The third-order valence-corrected chi connectivity index (χ3v) is 5.80. The zero-order valence-electron chi connectivity index (χ0n) is 11.5. The fourth-order valence-corrected chi connectivity index (χ4v) is 4.92. The van der Waals surface area contributed by atoms with E-state index in [9.17, 15) is 4.79 Å². The van der Waals surface area contributed by atoms with Crippen LogP contribution in [0.3, 0.4) is 0 Å². The van der Waals surface area contributed by atoms with Crippen LogP contribution in [0, 0.1) is 11.3 Å². The van der Waals surface area contributed by atoms with Gasteiger partial charge < -0.3 is 5.32 Å². The van der Waals surface area contributed by atoms with E-state index in [1.807, 2.05) is 0 Å². The van der Waals surface area contributed by atoms with Gasteiger partial charge in [-0.25, -0.2) is 0 Å². The average Bonchev–Trinajstić information content (AvgIpc) is 2.68. The van der Waals surface area contributed by atoms with E-state index in [0.29, 0.717) is 17.7 Å². The maximum Gasteiger partial charge on any atom is 0.142 e. The molecule has 0 radical (unpaired) electrons. The Balaban J connectivity index is 1.87. The molecule has 2 saturated carbocycles. The molecule has 2 unspecified atom stereocenters. The predicted octanol–water partition coefficient (Wildman–Crippen LogP) is 3.45. The van der Waals surface area contributed by atoms with Crippen LogP contribution in [-0.2, 0) is 4.79 Å². The Bertz CT molecular complexity index is 304. The highest BCUT2D eigenvalue weighted by molar-refractivity contribution is 5.87. The summed E-state index contributed by atoms with van der Waals surface area (Å²) >= 11 is 0.